The van der Waals surface area contributed by atoms with Crippen molar-refractivity contribution in [2.24, 2.45) is 0 Å². The fraction of sp³-hybridized carbons (Fsp3) is 0.278. The Labute approximate surface area is 153 Å². The predicted molar refractivity (Wildman–Crippen MR) is 99.2 cm³/mol. The number of nitrogens with one attached hydrogen (secondary N) is 2. The van der Waals surface area contributed by atoms with E-state index in [1.54, 1.807) is 43.3 Å². The summed E-state index contributed by atoms with van der Waals surface area (Å²) < 4.78 is 37.6. The van der Waals surface area contributed by atoms with Gasteiger partial charge in [0.1, 0.15) is 16.4 Å². The molecule has 0 heterocycles. The van der Waals surface area contributed by atoms with Crippen molar-refractivity contribution in [1.82, 2.24) is 4.72 Å². The van der Waals surface area contributed by atoms with E-state index in [0.717, 1.165) is 5.56 Å². The third kappa shape index (κ3) is 5.21. The van der Waals surface area contributed by atoms with E-state index in [2.05, 4.69) is 10.0 Å². The number of carbonyl (C=O) groups is 1. The molecule has 0 fully saturated rings. The lowest BCUT2D eigenvalue weighted by atomic mass is 10.2. The first kappa shape index (κ1) is 19.7. The maximum absolute atomic E-state index is 12.4. The summed E-state index contributed by atoms with van der Waals surface area (Å²) in [6.07, 6.45) is 0. The molecule has 2 aromatic rings. The Kier molecular flexibility index (Phi) is 6.59. The molecule has 0 aliphatic rings. The van der Waals surface area contributed by atoms with Gasteiger partial charge in [0.15, 0.2) is 0 Å². The second-order valence-corrected chi connectivity index (χ2v) is 7.22. The largest absolute Gasteiger partial charge is 0.495 e. The molecule has 0 bridgehead atoms. The molecule has 0 aliphatic carbocycles. The van der Waals surface area contributed by atoms with Crippen LogP contribution in [0.4, 0.5) is 5.69 Å². The van der Waals surface area contributed by atoms with Gasteiger partial charge >= 0.3 is 0 Å². The van der Waals surface area contributed by atoms with E-state index in [1.807, 2.05) is 6.92 Å². The van der Waals surface area contributed by atoms with Gasteiger partial charge in [-0.05, 0) is 55.8 Å². The molecule has 140 valence electrons. The fourth-order valence-electron chi connectivity index (χ4n) is 2.24. The summed E-state index contributed by atoms with van der Waals surface area (Å²) in [5.41, 5.74) is 1.32. The number of hydrogen-bond donors (Lipinski definition) is 2. The van der Waals surface area contributed by atoms with E-state index < -0.39 is 22.5 Å². The lowest BCUT2D eigenvalue weighted by Gasteiger charge is -2.12. The zero-order valence-electron chi connectivity index (χ0n) is 14.9. The van der Waals surface area contributed by atoms with Crippen molar-refractivity contribution in [1.29, 1.82) is 0 Å². The quantitative estimate of drug-likeness (QED) is 0.735. The van der Waals surface area contributed by atoms with Gasteiger partial charge in [0.2, 0.25) is 15.9 Å². The highest BCUT2D eigenvalue weighted by Gasteiger charge is 2.20. The van der Waals surface area contributed by atoms with Gasteiger partial charge in [-0.15, -0.1) is 0 Å². The van der Waals surface area contributed by atoms with Crippen LogP contribution in [0.15, 0.2) is 47.4 Å². The predicted octanol–water partition coefficient (Wildman–Crippen LogP) is 2.32. The van der Waals surface area contributed by atoms with Gasteiger partial charge in [0, 0.05) is 5.69 Å². The minimum Gasteiger partial charge on any atom is -0.495 e. The zero-order chi connectivity index (χ0) is 19.2. The first-order valence-corrected chi connectivity index (χ1v) is 9.51. The highest BCUT2D eigenvalue weighted by atomic mass is 32.2. The van der Waals surface area contributed by atoms with Crippen LogP contribution in [0.25, 0.3) is 0 Å². The lowest BCUT2D eigenvalue weighted by molar-refractivity contribution is -0.115. The molecule has 2 aromatic carbocycles. The smallest absolute Gasteiger partial charge is 0.244 e. The lowest BCUT2D eigenvalue weighted by Crippen LogP contribution is -2.33. The molecule has 0 aromatic heterocycles. The number of sulfonamides is 1. The Morgan fingerprint density at radius 2 is 1.81 bits per heavy atom. The highest BCUT2D eigenvalue weighted by molar-refractivity contribution is 7.89. The molecule has 26 heavy (non-hydrogen) atoms. The van der Waals surface area contributed by atoms with Crippen LogP contribution in [0.1, 0.15) is 12.5 Å². The molecule has 0 atom stereocenters. The number of hydrogen-bond acceptors (Lipinski definition) is 5. The number of methoxy groups -OCH3 is 1. The summed E-state index contributed by atoms with van der Waals surface area (Å²) in [5.74, 6) is 0.428. The first-order valence-electron chi connectivity index (χ1n) is 8.02. The molecule has 0 radical (unpaired) electrons. The minimum atomic E-state index is -3.88. The van der Waals surface area contributed by atoms with Crippen molar-refractivity contribution in [3.8, 4) is 11.5 Å². The standard InChI is InChI=1S/C18H22N2O5S/c1-4-25-15-8-6-14(7-9-15)20-18(21)12-19-26(22,23)17-11-13(2)5-10-16(17)24-3/h5-11,19H,4,12H2,1-3H3,(H,20,21). The molecule has 0 spiro atoms. The fourth-order valence-corrected chi connectivity index (χ4v) is 3.47. The average molecular weight is 378 g/mol. The number of aryl methyl sites for hydroxylation is 1. The van der Waals surface area contributed by atoms with Gasteiger partial charge in [-0.2, -0.15) is 0 Å². The molecule has 0 saturated heterocycles. The van der Waals surface area contributed by atoms with Crippen molar-refractivity contribution in [2.75, 3.05) is 25.6 Å². The third-order valence-corrected chi connectivity index (χ3v) is 4.90. The maximum Gasteiger partial charge on any atom is 0.244 e. The molecule has 0 saturated carbocycles. The van der Waals surface area contributed by atoms with Crippen molar-refractivity contribution >= 4 is 21.6 Å². The summed E-state index contributed by atoms with van der Waals surface area (Å²) in [6, 6.07) is 11.6. The second-order valence-electron chi connectivity index (χ2n) is 5.48. The average Bonchev–Trinajstić information content (AvgIpc) is 2.62. The van der Waals surface area contributed by atoms with Crippen LogP contribution in [0.3, 0.4) is 0 Å². The number of ether oxygens (including phenoxy) is 2. The molecule has 0 unspecified atom stereocenters. The van der Waals surface area contributed by atoms with Crippen LogP contribution in [-0.4, -0.2) is 34.6 Å². The molecule has 1 amide bonds. The van der Waals surface area contributed by atoms with Crippen LogP contribution in [0.5, 0.6) is 11.5 Å². The Morgan fingerprint density at radius 3 is 2.42 bits per heavy atom. The van der Waals surface area contributed by atoms with Gasteiger partial charge in [0.05, 0.1) is 20.3 Å². The van der Waals surface area contributed by atoms with Gasteiger partial charge in [0.25, 0.3) is 0 Å². The summed E-state index contributed by atoms with van der Waals surface area (Å²) in [4.78, 5) is 12.0. The molecular formula is C18H22N2O5S. The van der Waals surface area contributed by atoms with Gasteiger partial charge < -0.3 is 14.8 Å². The molecule has 8 heteroatoms. The summed E-state index contributed by atoms with van der Waals surface area (Å²) in [5, 5.41) is 2.62. The molecular weight excluding hydrogens is 356 g/mol. The topological polar surface area (TPSA) is 93.7 Å². The number of amides is 1. The third-order valence-electron chi connectivity index (χ3n) is 3.48. The van der Waals surface area contributed by atoms with E-state index in [0.29, 0.717) is 18.0 Å². The Bertz CT molecular complexity index is 864. The second kappa shape index (κ2) is 8.68. The van der Waals surface area contributed by atoms with Crippen molar-refractivity contribution in [2.45, 2.75) is 18.7 Å². The normalized spacial score (nSPS) is 11.0. The van der Waals surface area contributed by atoms with Crippen molar-refractivity contribution < 1.29 is 22.7 Å². The molecule has 7 nitrogen and oxygen atoms in total. The monoisotopic (exact) mass is 378 g/mol. The number of anilines is 1. The van der Waals surface area contributed by atoms with Gasteiger partial charge in [-0.1, -0.05) is 6.07 Å². The Balaban J connectivity index is 2.01. The van der Waals surface area contributed by atoms with E-state index in [-0.39, 0.29) is 10.6 Å². The number of rotatable bonds is 8. The molecule has 2 N–H and O–H groups in total. The highest BCUT2D eigenvalue weighted by Crippen LogP contribution is 2.24. The van der Waals surface area contributed by atoms with Crippen LogP contribution >= 0.6 is 0 Å². The number of benzene rings is 2. The Hall–Kier alpha value is -2.58. The van der Waals surface area contributed by atoms with Gasteiger partial charge in [-0.25, -0.2) is 13.1 Å². The van der Waals surface area contributed by atoms with Crippen molar-refractivity contribution in [3.05, 3.63) is 48.0 Å². The molecule has 2 rings (SSSR count). The van der Waals surface area contributed by atoms with E-state index in [4.69, 9.17) is 9.47 Å². The van der Waals surface area contributed by atoms with Crippen LogP contribution in [-0.2, 0) is 14.8 Å². The zero-order valence-corrected chi connectivity index (χ0v) is 15.7. The maximum atomic E-state index is 12.4. The van der Waals surface area contributed by atoms with E-state index >= 15 is 0 Å². The van der Waals surface area contributed by atoms with E-state index in [9.17, 15) is 13.2 Å². The van der Waals surface area contributed by atoms with Crippen LogP contribution in [0.2, 0.25) is 0 Å². The summed E-state index contributed by atoms with van der Waals surface area (Å²) in [6.45, 7) is 3.81. The van der Waals surface area contributed by atoms with E-state index in [1.165, 1.54) is 13.2 Å². The summed E-state index contributed by atoms with van der Waals surface area (Å²) >= 11 is 0. The SMILES string of the molecule is CCOc1ccc(NC(=O)CNS(=O)(=O)c2cc(C)ccc2OC)cc1. The molecule has 0 aliphatic heterocycles. The Morgan fingerprint density at radius 1 is 1.12 bits per heavy atom. The van der Waals surface area contributed by atoms with Gasteiger partial charge in [-0.3, -0.25) is 4.79 Å². The number of carbonyl (C=O) groups excluding carboxylic acids is 1. The van der Waals surface area contributed by atoms with Crippen LogP contribution < -0.4 is 19.5 Å². The van der Waals surface area contributed by atoms with Crippen molar-refractivity contribution in [3.63, 3.8) is 0 Å². The van der Waals surface area contributed by atoms with Crippen LogP contribution in [0, 0.1) is 6.92 Å². The summed E-state index contributed by atoms with van der Waals surface area (Å²) in [7, 11) is -2.49. The first-order chi connectivity index (χ1) is 12.4. The minimum absolute atomic E-state index is 0.00568.